The van der Waals surface area contributed by atoms with E-state index in [9.17, 15) is 30.9 Å². The van der Waals surface area contributed by atoms with E-state index in [0.717, 1.165) is 0 Å². The maximum Gasteiger partial charge on any atom is 0.469 e. The van der Waals surface area contributed by atoms with Gasteiger partial charge in [-0.1, -0.05) is 0 Å². The third-order valence-electron chi connectivity index (χ3n) is 1.08. The van der Waals surface area contributed by atoms with Crippen LogP contribution in [0.4, 0.5) is 26.3 Å². The topological polar surface area (TPSA) is 66.8 Å². The zero-order valence-corrected chi connectivity index (χ0v) is 7.60. The van der Waals surface area contributed by atoms with E-state index >= 15 is 0 Å². The number of halogens is 6. The molecule has 4 nitrogen and oxygen atoms in total. The standard InChI is InChI=1S/C4H5F6O4P/c5-2(4(8,9)10)3(6,7)1-14-15(11,12)13/h2H,1H2,(H2,11,12,13). The summed E-state index contributed by atoms with van der Waals surface area (Å²) in [4.78, 5) is 15.8. The SMILES string of the molecule is O=P(O)(O)OCC(F)(F)C(F)C(F)(F)F. The fourth-order valence-electron chi connectivity index (χ4n) is 0.483. The molecule has 0 aromatic carbocycles. The van der Waals surface area contributed by atoms with E-state index in [2.05, 4.69) is 4.52 Å². The molecule has 0 rings (SSSR count). The molecule has 1 unspecified atom stereocenters. The summed E-state index contributed by atoms with van der Waals surface area (Å²) in [5.41, 5.74) is 0. The Morgan fingerprint density at radius 1 is 1.20 bits per heavy atom. The summed E-state index contributed by atoms with van der Waals surface area (Å²) in [6, 6.07) is 0. The monoisotopic (exact) mass is 262 g/mol. The van der Waals surface area contributed by atoms with Crippen molar-refractivity contribution in [1.29, 1.82) is 0 Å². The first-order valence-electron chi connectivity index (χ1n) is 3.15. The summed E-state index contributed by atoms with van der Waals surface area (Å²) in [7, 11) is -5.37. The normalized spacial score (nSPS) is 16.5. The van der Waals surface area contributed by atoms with Gasteiger partial charge in [-0.25, -0.2) is 17.7 Å². The molecule has 2 N–H and O–H groups in total. The summed E-state index contributed by atoms with van der Waals surface area (Å²) in [5.74, 6) is -5.06. The Morgan fingerprint density at radius 3 is 1.87 bits per heavy atom. The van der Waals surface area contributed by atoms with Gasteiger partial charge in [-0.05, 0) is 0 Å². The quantitative estimate of drug-likeness (QED) is 0.597. The molecule has 0 aliphatic rings. The molecule has 0 fully saturated rings. The van der Waals surface area contributed by atoms with Crippen LogP contribution in [0.3, 0.4) is 0 Å². The minimum atomic E-state index is -5.83. The molecule has 0 spiro atoms. The fourth-order valence-corrected chi connectivity index (χ4v) is 0.823. The maximum absolute atomic E-state index is 12.3. The molecule has 15 heavy (non-hydrogen) atoms. The fraction of sp³-hybridized carbons (Fsp3) is 1.00. The van der Waals surface area contributed by atoms with E-state index in [1.165, 1.54) is 0 Å². The molecule has 0 aliphatic heterocycles. The van der Waals surface area contributed by atoms with Crippen molar-refractivity contribution in [2.75, 3.05) is 6.61 Å². The Kier molecular flexibility index (Phi) is 4.19. The molecule has 92 valence electrons. The summed E-state index contributed by atoms with van der Waals surface area (Å²) in [5, 5.41) is 0. The van der Waals surface area contributed by atoms with E-state index in [1.807, 2.05) is 0 Å². The molecule has 0 bridgehead atoms. The molecule has 0 saturated carbocycles. The zero-order valence-electron chi connectivity index (χ0n) is 6.71. The molecule has 0 aliphatic carbocycles. The maximum atomic E-state index is 12.3. The Bertz CT molecular complexity index is 258. The van der Waals surface area contributed by atoms with Gasteiger partial charge in [-0.2, -0.15) is 13.2 Å². The number of rotatable bonds is 4. The van der Waals surface area contributed by atoms with Gasteiger partial charge in [0.2, 0.25) is 0 Å². The van der Waals surface area contributed by atoms with Crippen molar-refractivity contribution in [3.63, 3.8) is 0 Å². The molecule has 0 heterocycles. The first-order valence-corrected chi connectivity index (χ1v) is 4.68. The van der Waals surface area contributed by atoms with Gasteiger partial charge in [0.25, 0.3) is 6.17 Å². The van der Waals surface area contributed by atoms with Crippen molar-refractivity contribution in [3.8, 4) is 0 Å². The van der Waals surface area contributed by atoms with Gasteiger partial charge in [0.1, 0.15) is 6.61 Å². The van der Waals surface area contributed by atoms with Gasteiger partial charge in [0, 0.05) is 0 Å². The van der Waals surface area contributed by atoms with Gasteiger partial charge < -0.3 is 9.79 Å². The lowest BCUT2D eigenvalue weighted by molar-refractivity contribution is -0.250. The second-order valence-corrected chi connectivity index (χ2v) is 3.67. The summed E-state index contributed by atoms with van der Waals surface area (Å²) in [6.45, 7) is -2.36. The number of hydrogen-bond donors (Lipinski definition) is 2. The van der Waals surface area contributed by atoms with Crippen LogP contribution in [0.5, 0.6) is 0 Å². The van der Waals surface area contributed by atoms with Crippen LogP contribution >= 0.6 is 7.82 Å². The average Bonchev–Trinajstić information content (AvgIpc) is 1.97. The molecular formula is C4H5F6O4P. The van der Waals surface area contributed by atoms with Crippen molar-refractivity contribution in [2.45, 2.75) is 18.3 Å². The predicted molar refractivity (Wildman–Crippen MR) is 33.9 cm³/mol. The highest BCUT2D eigenvalue weighted by Crippen LogP contribution is 2.41. The Labute approximate surface area is 79.1 Å². The average molecular weight is 262 g/mol. The summed E-state index contributed by atoms with van der Waals surface area (Å²) >= 11 is 0. The minimum absolute atomic E-state index is 2.36. The van der Waals surface area contributed by atoms with Gasteiger partial charge in [0.15, 0.2) is 0 Å². The highest BCUT2D eigenvalue weighted by atomic mass is 31.2. The molecule has 0 amide bonds. The van der Waals surface area contributed by atoms with E-state index in [0.29, 0.717) is 0 Å². The lowest BCUT2D eigenvalue weighted by Gasteiger charge is -2.22. The van der Waals surface area contributed by atoms with Crippen LogP contribution in [0.2, 0.25) is 0 Å². The highest BCUT2D eigenvalue weighted by molar-refractivity contribution is 7.46. The van der Waals surface area contributed by atoms with Gasteiger partial charge in [-0.15, -0.1) is 0 Å². The zero-order chi connectivity index (χ0) is 12.5. The van der Waals surface area contributed by atoms with Crippen LogP contribution in [-0.4, -0.2) is 34.7 Å². The Balaban J connectivity index is 4.49. The van der Waals surface area contributed by atoms with Gasteiger partial charge >= 0.3 is 19.9 Å². The Hall–Kier alpha value is -0.310. The van der Waals surface area contributed by atoms with Gasteiger partial charge in [-0.3, -0.25) is 4.52 Å². The van der Waals surface area contributed by atoms with Crippen molar-refractivity contribution in [3.05, 3.63) is 0 Å². The van der Waals surface area contributed by atoms with Crippen LogP contribution in [0.1, 0.15) is 0 Å². The predicted octanol–water partition coefficient (Wildman–Crippen LogP) is 1.63. The number of phosphoric acid groups is 1. The van der Waals surface area contributed by atoms with Crippen molar-refractivity contribution in [1.82, 2.24) is 0 Å². The van der Waals surface area contributed by atoms with E-state index < -0.39 is 32.7 Å². The van der Waals surface area contributed by atoms with Gasteiger partial charge in [0.05, 0.1) is 0 Å². The summed E-state index contributed by atoms with van der Waals surface area (Å²) < 4.78 is 84.0. The lowest BCUT2D eigenvalue weighted by atomic mass is 10.2. The second kappa shape index (κ2) is 4.28. The second-order valence-electron chi connectivity index (χ2n) is 2.43. The molecule has 1 atom stereocenters. The smallest absolute Gasteiger partial charge is 0.303 e. The van der Waals surface area contributed by atoms with Crippen LogP contribution in [0.15, 0.2) is 0 Å². The Morgan fingerprint density at radius 2 is 1.60 bits per heavy atom. The first-order chi connectivity index (χ1) is 6.36. The number of phosphoric ester groups is 1. The van der Waals surface area contributed by atoms with Crippen LogP contribution in [0.25, 0.3) is 0 Å². The number of alkyl halides is 6. The largest absolute Gasteiger partial charge is 0.469 e. The third-order valence-corrected chi connectivity index (χ3v) is 1.55. The first kappa shape index (κ1) is 14.7. The number of hydrogen-bond acceptors (Lipinski definition) is 2. The summed E-state index contributed by atoms with van der Waals surface area (Å²) in [6.07, 6.45) is -10.4. The highest BCUT2D eigenvalue weighted by Gasteiger charge is 2.57. The molecule has 11 heteroatoms. The van der Waals surface area contributed by atoms with Crippen LogP contribution in [0, 0.1) is 0 Å². The minimum Gasteiger partial charge on any atom is -0.303 e. The van der Waals surface area contributed by atoms with Crippen molar-refractivity contribution in [2.24, 2.45) is 0 Å². The molecule has 0 saturated heterocycles. The third kappa shape index (κ3) is 5.36. The van der Waals surface area contributed by atoms with Crippen LogP contribution in [-0.2, 0) is 9.09 Å². The van der Waals surface area contributed by atoms with Crippen molar-refractivity contribution < 1.29 is 45.2 Å². The van der Waals surface area contributed by atoms with Crippen LogP contribution < -0.4 is 0 Å². The molecule has 0 aromatic heterocycles. The van der Waals surface area contributed by atoms with E-state index in [1.54, 1.807) is 0 Å². The van der Waals surface area contributed by atoms with Crippen molar-refractivity contribution >= 4 is 7.82 Å². The lowest BCUT2D eigenvalue weighted by Crippen LogP contribution is -2.44. The molecule has 0 radical (unpaired) electrons. The van der Waals surface area contributed by atoms with E-state index in [4.69, 9.17) is 9.79 Å². The molecule has 0 aromatic rings. The van der Waals surface area contributed by atoms with E-state index in [-0.39, 0.29) is 0 Å². The molecular weight excluding hydrogens is 257 g/mol.